The Morgan fingerprint density at radius 2 is 2.15 bits per heavy atom. The van der Waals surface area contributed by atoms with Gasteiger partial charge >= 0.3 is 0 Å². The van der Waals surface area contributed by atoms with E-state index in [1.807, 2.05) is 15.8 Å². The molecule has 3 aromatic rings. The summed E-state index contributed by atoms with van der Waals surface area (Å²) in [5.74, 6) is -0.105. The number of carbonyl (C=O) groups is 1. The lowest BCUT2D eigenvalue weighted by Gasteiger charge is -2.34. The zero-order valence-electron chi connectivity index (χ0n) is 19.0. The van der Waals surface area contributed by atoms with E-state index in [4.69, 9.17) is 5.73 Å². The third kappa shape index (κ3) is 5.13. The molecule has 4 heterocycles. The zero-order chi connectivity index (χ0) is 23.5. The van der Waals surface area contributed by atoms with Crippen LogP contribution in [0, 0.1) is 11.7 Å². The maximum Gasteiger partial charge on any atom is 0.275 e. The highest BCUT2D eigenvalue weighted by molar-refractivity contribution is 7.13. The average Bonchev–Trinajstić information content (AvgIpc) is 3.50. The molecule has 1 atom stereocenters. The Labute approximate surface area is 202 Å². The number of carbonyl (C=O) groups excluding carboxylic acids is 1. The number of nitrogens with one attached hydrogen (secondary N) is 2. The Hall–Kier alpha value is -2.82. The fourth-order valence-corrected chi connectivity index (χ4v) is 5.53. The second kappa shape index (κ2) is 10.2. The fourth-order valence-electron chi connectivity index (χ4n) is 4.75. The minimum absolute atomic E-state index is 0.00583. The number of hydrogen-bond acceptors (Lipinski definition) is 7. The highest BCUT2D eigenvalue weighted by Gasteiger charge is 2.24. The summed E-state index contributed by atoms with van der Waals surface area (Å²) in [4.78, 5) is 19.4. The maximum absolute atomic E-state index is 14.8. The number of benzene rings is 1. The van der Waals surface area contributed by atoms with E-state index in [0.29, 0.717) is 36.1 Å². The predicted molar refractivity (Wildman–Crippen MR) is 133 cm³/mol. The number of para-hydroxylation sites is 1. The zero-order valence-corrected chi connectivity index (χ0v) is 19.9. The molecule has 4 N–H and O–H groups in total. The predicted octanol–water partition coefficient (Wildman–Crippen LogP) is 3.33. The third-order valence-corrected chi connectivity index (χ3v) is 7.42. The Balaban J connectivity index is 1.28. The quantitative estimate of drug-likeness (QED) is 0.497. The average molecular weight is 484 g/mol. The number of nitrogens with two attached hydrogens (primary N) is 1. The number of aromatic nitrogens is 3. The summed E-state index contributed by atoms with van der Waals surface area (Å²) < 4.78 is 16.7. The Morgan fingerprint density at radius 1 is 1.29 bits per heavy atom. The number of rotatable bonds is 6. The van der Waals surface area contributed by atoms with E-state index < -0.39 is 0 Å². The molecule has 2 saturated heterocycles. The first-order valence-electron chi connectivity index (χ1n) is 11.9. The van der Waals surface area contributed by atoms with Crippen molar-refractivity contribution in [1.82, 2.24) is 20.1 Å². The van der Waals surface area contributed by atoms with E-state index >= 15 is 0 Å². The van der Waals surface area contributed by atoms with Gasteiger partial charge in [0, 0.05) is 42.8 Å². The molecule has 1 amide bonds. The van der Waals surface area contributed by atoms with Crippen molar-refractivity contribution in [2.24, 2.45) is 11.7 Å². The smallest absolute Gasteiger partial charge is 0.275 e. The molecule has 2 aliphatic rings. The number of thiazole rings is 1. The molecule has 8 nitrogen and oxygen atoms in total. The van der Waals surface area contributed by atoms with Crippen molar-refractivity contribution in [3.05, 3.63) is 47.5 Å². The molecule has 0 spiro atoms. The second-order valence-electron chi connectivity index (χ2n) is 9.12. The molecule has 1 unspecified atom stereocenters. The van der Waals surface area contributed by atoms with E-state index in [1.54, 1.807) is 23.7 Å². The summed E-state index contributed by atoms with van der Waals surface area (Å²) in [6, 6.07) is 4.72. The van der Waals surface area contributed by atoms with Crippen molar-refractivity contribution in [3.63, 3.8) is 0 Å². The van der Waals surface area contributed by atoms with Crippen molar-refractivity contribution in [2.45, 2.75) is 38.3 Å². The van der Waals surface area contributed by atoms with Gasteiger partial charge < -0.3 is 21.3 Å². The molecule has 34 heavy (non-hydrogen) atoms. The Kier molecular flexibility index (Phi) is 6.89. The standard InChI is InChI=1S/C24H30FN7OS/c25-19-4-1-5-20(22(19)31-10-2-3-18(26)14-31)29-23(33)21-15-34-24(30-21)17-11-28-32(13-17)12-16-6-8-27-9-7-16/h1,4-5,11,13,15-16,18,27H,2-3,6-10,12,14,26H2,(H,29,33). The lowest BCUT2D eigenvalue weighted by molar-refractivity contribution is 0.102. The van der Waals surface area contributed by atoms with Crippen LogP contribution in [0.5, 0.6) is 0 Å². The minimum atomic E-state index is -0.368. The van der Waals surface area contributed by atoms with Gasteiger partial charge in [0.05, 0.1) is 17.6 Å². The number of halogens is 1. The molecule has 2 aliphatic heterocycles. The first-order chi connectivity index (χ1) is 16.6. The second-order valence-corrected chi connectivity index (χ2v) is 9.98. The van der Waals surface area contributed by atoms with Crippen LogP contribution in [0.15, 0.2) is 36.0 Å². The molecule has 0 saturated carbocycles. The van der Waals surface area contributed by atoms with Crippen LogP contribution in [0.3, 0.4) is 0 Å². The molecule has 10 heteroatoms. The van der Waals surface area contributed by atoms with Crippen LogP contribution < -0.4 is 21.3 Å². The lowest BCUT2D eigenvalue weighted by atomic mass is 9.98. The number of piperidine rings is 2. The van der Waals surface area contributed by atoms with Crippen LogP contribution in [0.25, 0.3) is 10.6 Å². The molecule has 0 aliphatic carbocycles. The van der Waals surface area contributed by atoms with Crippen molar-refractivity contribution in [2.75, 3.05) is 36.4 Å². The normalized spacial score (nSPS) is 19.4. The number of amides is 1. The van der Waals surface area contributed by atoms with Crippen LogP contribution in [0.1, 0.15) is 36.2 Å². The first kappa shape index (κ1) is 22.9. The van der Waals surface area contributed by atoms with Crippen molar-refractivity contribution >= 4 is 28.6 Å². The SMILES string of the molecule is NC1CCCN(c2c(F)cccc2NC(=O)c2csc(-c3cnn(CC4CCNCC4)c3)n2)C1. The molecule has 2 aromatic heterocycles. The van der Waals surface area contributed by atoms with Crippen LogP contribution in [-0.4, -0.2) is 52.9 Å². The van der Waals surface area contributed by atoms with Crippen molar-refractivity contribution in [3.8, 4) is 10.6 Å². The highest BCUT2D eigenvalue weighted by Crippen LogP contribution is 2.32. The number of nitrogens with zero attached hydrogens (tertiary/aromatic N) is 4. The maximum atomic E-state index is 14.8. The minimum Gasteiger partial charge on any atom is -0.366 e. The molecule has 5 rings (SSSR count). The van der Waals surface area contributed by atoms with Gasteiger partial charge in [0.15, 0.2) is 0 Å². The highest BCUT2D eigenvalue weighted by atomic mass is 32.1. The summed E-state index contributed by atoms with van der Waals surface area (Å²) in [6.45, 7) is 4.28. The molecule has 2 fully saturated rings. The number of hydrogen-bond donors (Lipinski definition) is 3. The van der Waals surface area contributed by atoms with E-state index in [9.17, 15) is 9.18 Å². The monoisotopic (exact) mass is 483 g/mol. The van der Waals surface area contributed by atoms with Crippen LogP contribution in [-0.2, 0) is 6.54 Å². The molecular weight excluding hydrogens is 453 g/mol. The van der Waals surface area contributed by atoms with Crippen LogP contribution in [0.4, 0.5) is 15.8 Å². The van der Waals surface area contributed by atoms with Crippen LogP contribution in [0.2, 0.25) is 0 Å². The van der Waals surface area contributed by atoms with Gasteiger partial charge in [0.2, 0.25) is 0 Å². The number of anilines is 2. The fraction of sp³-hybridized carbons (Fsp3) is 0.458. The molecule has 0 bridgehead atoms. The molecular formula is C24H30FN7OS. The van der Waals surface area contributed by atoms with Crippen LogP contribution >= 0.6 is 11.3 Å². The van der Waals surface area contributed by atoms with Gasteiger partial charge in [-0.1, -0.05) is 6.07 Å². The van der Waals surface area contributed by atoms with E-state index in [-0.39, 0.29) is 17.8 Å². The first-order valence-corrected chi connectivity index (χ1v) is 12.7. The summed E-state index contributed by atoms with van der Waals surface area (Å²) in [5, 5.41) is 13.2. The molecule has 1 aromatic carbocycles. The molecule has 180 valence electrons. The largest absolute Gasteiger partial charge is 0.366 e. The van der Waals surface area contributed by atoms with Crippen molar-refractivity contribution in [1.29, 1.82) is 0 Å². The van der Waals surface area contributed by atoms with E-state index in [0.717, 1.165) is 55.9 Å². The van der Waals surface area contributed by atoms with Gasteiger partial charge in [0.1, 0.15) is 16.5 Å². The molecule has 0 radical (unpaired) electrons. The van der Waals surface area contributed by atoms with E-state index in [1.165, 1.54) is 17.4 Å². The summed E-state index contributed by atoms with van der Waals surface area (Å²) >= 11 is 1.40. The lowest BCUT2D eigenvalue weighted by Crippen LogP contribution is -2.43. The topological polar surface area (TPSA) is 101 Å². The Morgan fingerprint density at radius 3 is 2.97 bits per heavy atom. The Bertz CT molecular complexity index is 1140. The summed E-state index contributed by atoms with van der Waals surface area (Å²) in [5.41, 5.74) is 8.12. The van der Waals surface area contributed by atoms with Gasteiger partial charge in [-0.15, -0.1) is 11.3 Å². The van der Waals surface area contributed by atoms with Gasteiger partial charge in [-0.05, 0) is 56.8 Å². The van der Waals surface area contributed by atoms with Gasteiger partial charge in [-0.25, -0.2) is 9.37 Å². The van der Waals surface area contributed by atoms with E-state index in [2.05, 4.69) is 20.7 Å². The summed E-state index contributed by atoms with van der Waals surface area (Å²) in [6.07, 6.45) is 7.91. The van der Waals surface area contributed by atoms with Gasteiger partial charge in [-0.2, -0.15) is 5.10 Å². The van der Waals surface area contributed by atoms with Crippen molar-refractivity contribution < 1.29 is 9.18 Å². The van der Waals surface area contributed by atoms with Gasteiger partial charge in [-0.3, -0.25) is 9.48 Å². The van der Waals surface area contributed by atoms with Gasteiger partial charge in [0.25, 0.3) is 5.91 Å². The summed E-state index contributed by atoms with van der Waals surface area (Å²) in [7, 11) is 0. The third-order valence-electron chi connectivity index (χ3n) is 6.53.